The molecule has 0 spiro atoms. The lowest BCUT2D eigenvalue weighted by molar-refractivity contribution is -0.115. The summed E-state index contributed by atoms with van der Waals surface area (Å²) in [6, 6.07) is 0. The Morgan fingerprint density at radius 1 is 1.40 bits per heavy atom. The number of nitrogens with one attached hydrogen (secondary N) is 2. The van der Waals surface area contributed by atoms with E-state index in [1.807, 2.05) is 20.9 Å². The second-order valence-electron chi connectivity index (χ2n) is 5.72. The Balaban J connectivity index is 1.92. The Bertz CT molecular complexity index is 490. The van der Waals surface area contributed by atoms with Gasteiger partial charge < -0.3 is 15.7 Å². The smallest absolute Gasteiger partial charge is 0.238 e. The van der Waals surface area contributed by atoms with Crippen molar-refractivity contribution in [2.24, 2.45) is 7.05 Å². The van der Waals surface area contributed by atoms with Gasteiger partial charge in [-0.3, -0.25) is 9.48 Å². The van der Waals surface area contributed by atoms with Crippen LogP contribution in [0.3, 0.4) is 0 Å². The summed E-state index contributed by atoms with van der Waals surface area (Å²) in [4.78, 5) is 12.0. The van der Waals surface area contributed by atoms with E-state index in [2.05, 4.69) is 15.7 Å². The molecule has 0 atom stereocenters. The lowest BCUT2D eigenvalue weighted by Gasteiger charge is -2.27. The average Bonchev–Trinajstić information content (AvgIpc) is 2.98. The SMILES string of the molecule is Cc1nn(C)c(C)c1NC(=O)CNC1(CO)CCCC1. The maximum atomic E-state index is 12.0. The van der Waals surface area contributed by atoms with Gasteiger partial charge in [-0.15, -0.1) is 0 Å². The highest BCUT2D eigenvalue weighted by molar-refractivity contribution is 5.93. The van der Waals surface area contributed by atoms with Gasteiger partial charge in [-0.2, -0.15) is 5.10 Å². The van der Waals surface area contributed by atoms with Gasteiger partial charge in [0.25, 0.3) is 0 Å². The zero-order valence-corrected chi connectivity index (χ0v) is 12.5. The quantitative estimate of drug-likeness (QED) is 0.748. The van der Waals surface area contributed by atoms with E-state index in [4.69, 9.17) is 0 Å². The van der Waals surface area contributed by atoms with Crippen LogP contribution in [0.1, 0.15) is 37.1 Å². The van der Waals surface area contributed by atoms with Gasteiger partial charge in [0.05, 0.1) is 30.2 Å². The molecule has 0 aromatic carbocycles. The first-order valence-corrected chi connectivity index (χ1v) is 7.13. The highest BCUT2D eigenvalue weighted by Gasteiger charge is 2.33. The first-order chi connectivity index (χ1) is 9.47. The first kappa shape index (κ1) is 15.0. The van der Waals surface area contributed by atoms with E-state index in [1.54, 1.807) is 4.68 Å². The molecule has 3 N–H and O–H groups in total. The van der Waals surface area contributed by atoms with Crippen LogP contribution in [0.15, 0.2) is 0 Å². The number of nitrogens with zero attached hydrogens (tertiary/aromatic N) is 2. The van der Waals surface area contributed by atoms with E-state index >= 15 is 0 Å². The molecule has 20 heavy (non-hydrogen) atoms. The maximum Gasteiger partial charge on any atom is 0.238 e. The standard InChI is InChI=1S/C14H24N4O2/c1-10-13(11(2)18(3)17-10)16-12(20)8-15-14(9-19)6-4-5-7-14/h15,19H,4-9H2,1-3H3,(H,16,20). The van der Waals surface area contributed by atoms with Gasteiger partial charge in [0.2, 0.25) is 5.91 Å². The molecular formula is C14H24N4O2. The van der Waals surface area contributed by atoms with Crippen molar-refractivity contribution in [1.82, 2.24) is 15.1 Å². The Labute approximate surface area is 119 Å². The number of aliphatic hydroxyl groups excluding tert-OH is 1. The van der Waals surface area contributed by atoms with Crippen LogP contribution < -0.4 is 10.6 Å². The van der Waals surface area contributed by atoms with Gasteiger partial charge >= 0.3 is 0 Å². The number of rotatable bonds is 5. The van der Waals surface area contributed by atoms with Crippen molar-refractivity contribution in [2.45, 2.75) is 45.1 Å². The molecule has 0 bridgehead atoms. The first-order valence-electron chi connectivity index (χ1n) is 7.13. The Kier molecular flexibility index (Phi) is 4.45. The highest BCUT2D eigenvalue weighted by Crippen LogP contribution is 2.28. The summed E-state index contributed by atoms with van der Waals surface area (Å²) in [7, 11) is 1.86. The van der Waals surface area contributed by atoms with Crippen molar-refractivity contribution in [3.63, 3.8) is 0 Å². The third-order valence-electron chi connectivity index (χ3n) is 4.26. The molecule has 1 heterocycles. The summed E-state index contributed by atoms with van der Waals surface area (Å²) in [5, 5.41) is 19.9. The van der Waals surface area contributed by atoms with E-state index < -0.39 is 0 Å². The summed E-state index contributed by atoms with van der Waals surface area (Å²) < 4.78 is 1.75. The second-order valence-corrected chi connectivity index (χ2v) is 5.72. The molecule has 0 radical (unpaired) electrons. The maximum absolute atomic E-state index is 12.0. The number of carbonyl (C=O) groups is 1. The number of hydrogen-bond donors (Lipinski definition) is 3. The summed E-state index contributed by atoms with van der Waals surface area (Å²) in [6.07, 6.45) is 4.08. The number of aromatic nitrogens is 2. The molecule has 1 saturated carbocycles. The molecule has 1 aromatic rings. The average molecular weight is 280 g/mol. The number of amides is 1. The molecule has 1 amide bonds. The molecule has 6 nitrogen and oxygen atoms in total. The monoisotopic (exact) mass is 280 g/mol. The van der Waals surface area contributed by atoms with E-state index in [0.717, 1.165) is 42.8 Å². The Morgan fingerprint density at radius 2 is 2.05 bits per heavy atom. The van der Waals surface area contributed by atoms with E-state index in [0.29, 0.717) is 0 Å². The molecule has 1 aliphatic carbocycles. The fourth-order valence-electron chi connectivity index (χ4n) is 2.85. The largest absolute Gasteiger partial charge is 0.394 e. The number of anilines is 1. The molecular weight excluding hydrogens is 256 g/mol. The van der Waals surface area contributed by atoms with Crippen LogP contribution in [0, 0.1) is 13.8 Å². The zero-order chi connectivity index (χ0) is 14.8. The van der Waals surface area contributed by atoms with Crippen LogP contribution in [0.4, 0.5) is 5.69 Å². The molecule has 0 aliphatic heterocycles. The molecule has 1 aliphatic rings. The van der Waals surface area contributed by atoms with Crippen LogP contribution in [-0.2, 0) is 11.8 Å². The molecule has 112 valence electrons. The minimum absolute atomic E-state index is 0.0885. The number of aryl methyl sites for hydroxylation is 2. The van der Waals surface area contributed by atoms with Crippen molar-refractivity contribution in [3.05, 3.63) is 11.4 Å². The normalized spacial score (nSPS) is 17.4. The number of aliphatic hydroxyl groups is 1. The third kappa shape index (κ3) is 3.02. The molecule has 6 heteroatoms. The van der Waals surface area contributed by atoms with Crippen molar-refractivity contribution in [2.75, 3.05) is 18.5 Å². The van der Waals surface area contributed by atoms with Crippen LogP contribution in [0.25, 0.3) is 0 Å². The van der Waals surface area contributed by atoms with Gasteiger partial charge in [0, 0.05) is 12.6 Å². The Morgan fingerprint density at radius 3 is 2.55 bits per heavy atom. The Hall–Kier alpha value is -1.40. The van der Waals surface area contributed by atoms with E-state index in [1.165, 1.54) is 0 Å². The molecule has 0 saturated heterocycles. The summed E-state index contributed by atoms with van der Waals surface area (Å²) in [6.45, 7) is 4.11. The summed E-state index contributed by atoms with van der Waals surface area (Å²) >= 11 is 0. The fourth-order valence-corrected chi connectivity index (χ4v) is 2.85. The highest BCUT2D eigenvalue weighted by atomic mass is 16.3. The molecule has 0 unspecified atom stereocenters. The number of carbonyl (C=O) groups excluding carboxylic acids is 1. The van der Waals surface area contributed by atoms with Crippen molar-refractivity contribution in [3.8, 4) is 0 Å². The van der Waals surface area contributed by atoms with Crippen molar-refractivity contribution >= 4 is 11.6 Å². The van der Waals surface area contributed by atoms with Gasteiger partial charge in [-0.1, -0.05) is 12.8 Å². The van der Waals surface area contributed by atoms with Crippen LogP contribution >= 0.6 is 0 Å². The fraction of sp³-hybridized carbons (Fsp3) is 0.714. The predicted molar refractivity (Wildman–Crippen MR) is 77.6 cm³/mol. The van der Waals surface area contributed by atoms with Crippen LogP contribution in [0.5, 0.6) is 0 Å². The summed E-state index contributed by atoms with van der Waals surface area (Å²) in [5.41, 5.74) is 2.27. The van der Waals surface area contributed by atoms with Crippen LogP contribution in [-0.4, -0.2) is 39.5 Å². The minimum atomic E-state index is -0.267. The van der Waals surface area contributed by atoms with E-state index in [9.17, 15) is 9.90 Å². The van der Waals surface area contributed by atoms with Gasteiger partial charge in [0.1, 0.15) is 0 Å². The summed E-state index contributed by atoms with van der Waals surface area (Å²) in [5.74, 6) is -0.0936. The lowest BCUT2D eigenvalue weighted by Crippen LogP contribution is -2.49. The van der Waals surface area contributed by atoms with Gasteiger partial charge in [0.15, 0.2) is 0 Å². The van der Waals surface area contributed by atoms with E-state index in [-0.39, 0.29) is 24.6 Å². The van der Waals surface area contributed by atoms with Crippen molar-refractivity contribution < 1.29 is 9.90 Å². The second kappa shape index (κ2) is 5.93. The topological polar surface area (TPSA) is 79.2 Å². The predicted octanol–water partition coefficient (Wildman–Crippen LogP) is 0.870. The molecule has 2 rings (SSSR count). The minimum Gasteiger partial charge on any atom is -0.394 e. The molecule has 1 aromatic heterocycles. The number of hydrogen-bond acceptors (Lipinski definition) is 4. The van der Waals surface area contributed by atoms with Crippen molar-refractivity contribution in [1.29, 1.82) is 0 Å². The zero-order valence-electron chi connectivity index (χ0n) is 12.5. The molecule has 1 fully saturated rings. The van der Waals surface area contributed by atoms with Gasteiger partial charge in [-0.05, 0) is 26.7 Å². The third-order valence-corrected chi connectivity index (χ3v) is 4.26. The van der Waals surface area contributed by atoms with Crippen LogP contribution in [0.2, 0.25) is 0 Å². The lowest BCUT2D eigenvalue weighted by atomic mass is 9.99. The van der Waals surface area contributed by atoms with Gasteiger partial charge in [-0.25, -0.2) is 0 Å².